The SMILES string of the molecule is COc1nc(C(=O)NNC(=O)C(C)(OCc2ccccc2)C(F)(F)F)c(NC(=O)OC(C)(C)C)cc1C(F)(F)F. The minimum absolute atomic E-state index is 0.314. The molecule has 0 bridgehead atoms. The van der Waals surface area contributed by atoms with Crippen LogP contribution in [0.5, 0.6) is 5.88 Å². The number of amides is 3. The van der Waals surface area contributed by atoms with E-state index >= 15 is 0 Å². The predicted octanol–water partition coefficient (Wildman–Crippen LogP) is 4.75. The molecule has 40 heavy (non-hydrogen) atoms. The third-order valence-electron chi connectivity index (χ3n) is 4.97. The van der Waals surface area contributed by atoms with E-state index in [4.69, 9.17) is 9.47 Å². The lowest BCUT2D eigenvalue weighted by atomic mass is 10.1. The highest BCUT2D eigenvalue weighted by atomic mass is 19.4. The lowest BCUT2D eigenvalue weighted by molar-refractivity contribution is -0.264. The van der Waals surface area contributed by atoms with Crippen molar-refractivity contribution in [3.05, 3.63) is 53.2 Å². The van der Waals surface area contributed by atoms with Crippen LogP contribution < -0.4 is 20.9 Å². The van der Waals surface area contributed by atoms with Crippen LogP contribution in [0.2, 0.25) is 0 Å². The summed E-state index contributed by atoms with van der Waals surface area (Å²) < 4.78 is 96.4. The second-order valence-electron chi connectivity index (χ2n) is 9.28. The lowest BCUT2D eigenvalue weighted by Crippen LogP contribution is -2.60. The average molecular weight is 580 g/mol. The third-order valence-corrected chi connectivity index (χ3v) is 4.97. The number of hydrogen-bond acceptors (Lipinski definition) is 7. The number of halogens is 6. The molecule has 1 heterocycles. The number of nitrogens with one attached hydrogen (secondary N) is 3. The first-order valence-electron chi connectivity index (χ1n) is 11.3. The minimum atomic E-state index is -5.25. The zero-order valence-corrected chi connectivity index (χ0v) is 21.8. The maximum Gasteiger partial charge on any atom is 0.426 e. The van der Waals surface area contributed by atoms with Gasteiger partial charge in [0.25, 0.3) is 11.8 Å². The molecule has 220 valence electrons. The van der Waals surface area contributed by atoms with Crippen molar-refractivity contribution in [3.8, 4) is 5.88 Å². The van der Waals surface area contributed by atoms with Gasteiger partial charge in [-0.3, -0.25) is 25.8 Å². The van der Waals surface area contributed by atoms with Crippen molar-refractivity contribution in [1.29, 1.82) is 0 Å². The predicted molar refractivity (Wildman–Crippen MR) is 127 cm³/mol. The van der Waals surface area contributed by atoms with Crippen LogP contribution in [0, 0.1) is 0 Å². The summed E-state index contributed by atoms with van der Waals surface area (Å²) >= 11 is 0. The Balaban J connectivity index is 2.35. The van der Waals surface area contributed by atoms with Crippen molar-refractivity contribution < 1.29 is 54.9 Å². The van der Waals surface area contributed by atoms with E-state index in [-0.39, 0.29) is 0 Å². The zero-order valence-electron chi connectivity index (χ0n) is 21.8. The molecule has 1 unspecified atom stereocenters. The van der Waals surface area contributed by atoms with Crippen LogP contribution in [0.25, 0.3) is 0 Å². The van der Waals surface area contributed by atoms with Gasteiger partial charge >= 0.3 is 18.4 Å². The number of alkyl halides is 6. The Labute approximate surface area is 224 Å². The Morgan fingerprint density at radius 3 is 2.02 bits per heavy atom. The summed E-state index contributed by atoms with van der Waals surface area (Å²) in [7, 11) is 0.820. The van der Waals surface area contributed by atoms with Gasteiger partial charge in [0.1, 0.15) is 11.2 Å². The second kappa shape index (κ2) is 12.0. The molecular weight excluding hydrogens is 554 g/mol. The second-order valence-corrected chi connectivity index (χ2v) is 9.28. The number of methoxy groups -OCH3 is 1. The van der Waals surface area contributed by atoms with E-state index in [1.807, 2.05) is 5.32 Å². The number of hydrazine groups is 1. The number of ether oxygens (including phenoxy) is 3. The summed E-state index contributed by atoms with van der Waals surface area (Å²) in [5, 5.41) is 1.93. The highest BCUT2D eigenvalue weighted by molar-refractivity contribution is 6.02. The van der Waals surface area contributed by atoms with Gasteiger partial charge in [0.15, 0.2) is 5.69 Å². The van der Waals surface area contributed by atoms with E-state index in [0.717, 1.165) is 7.11 Å². The van der Waals surface area contributed by atoms with Crippen molar-refractivity contribution >= 4 is 23.6 Å². The average Bonchev–Trinajstić information content (AvgIpc) is 2.83. The topological polar surface area (TPSA) is 128 Å². The van der Waals surface area contributed by atoms with E-state index in [1.165, 1.54) is 50.5 Å². The first-order chi connectivity index (χ1) is 18.3. The van der Waals surface area contributed by atoms with Gasteiger partial charge in [-0.1, -0.05) is 30.3 Å². The molecule has 0 aliphatic heterocycles. The fourth-order valence-electron chi connectivity index (χ4n) is 2.91. The largest absolute Gasteiger partial charge is 0.481 e. The third kappa shape index (κ3) is 8.21. The molecule has 1 aromatic carbocycles. The number of carbonyl (C=O) groups excluding carboxylic acids is 3. The number of pyridine rings is 1. The molecule has 1 atom stereocenters. The quantitative estimate of drug-likeness (QED) is 0.319. The Hall–Kier alpha value is -4.08. The lowest BCUT2D eigenvalue weighted by Gasteiger charge is -2.30. The van der Waals surface area contributed by atoms with Gasteiger partial charge < -0.3 is 14.2 Å². The van der Waals surface area contributed by atoms with Crippen LogP contribution in [0.4, 0.5) is 36.8 Å². The van der Waals surface area contributed by atoms with Crippen molar-refractivity contribution in [2.45, 2.75) is 57.9 Å². The number of benzene rings is 1. The molecule has 3 N–H and O–H groups in total. The summed E-state index contributed by atoms with van der Waals surface area (Å²) in [6.07, 6.45) is -11.6. The maximum atomic E-state index is 13.8. The fourth-order valence-corrected chi connectivity index (χ4v) is 2.91. The zero-order chi connectivity index (χ0) is 30.5. The van der Waals surface area contributed by atoms with Crippen LogP contribution >= 0.6 is 0 Å². The van der Waals surface area contributed by atoms with Crippen molar-refractivity contribution in [1.82, 2.24) is 15.8 Å². The fraction of sp³-hybridized carbons (Fsp3) is 0.417. The normalized spacial score (nSPS) is 13.6. The molecule has 0 aliphatic rings. The Bertz CT molecular complexity index is 1230. The van der Waals surface area contributed by atoms with Crippen molar-refractivity contribution in [2.24, 2.45) is 0 Å². The standard InChI is InChI=1S/C24H26F6N4O6/c1-21(2,3)40-20(37)31-15-11-14(23(25,26)27)18(38-5)32-16(15)17(35)33-34-19(36)22(4,24(28,29)30)39-12-13-9-7-6-8-10-13/h6-11H,12H2,1-5H3,(H,31,37)(H,33,35)(H,34,36). The number of aromatic nitrogens is 1. The van der Waals surface area contributed by atoms with Crippen LogP contribution in [0.3, 0.4) is 0 Å². The smallest absolute Gasteiger partial charge is 0.426 e. The van der Waals surface area contributed by atoms with Gasteiger partial charge in [-0.2, -0.15) is 26.3 Å². The number of carbonyl (C=O) groups is 3. The van der Waals surface area contributed by atoms with E-state index in [0.29, 0.717) is 18.6 Å². The molecule has 0 radical (unpaired) electrons. The first kappa shape index (κ1) is 32.1. The summed E-state index contributed by atoms with van der Waals surface area (Å²) in [4.78, 5) is 41.0. The molecule has 0 saturated heterocycles. The van der Waals surface area contributed by atoms with E-state index < -0.39 is 70.9 Å². The van der Waals surface area contributed by atoms with Gasteiger partial charge in [-0.15, -0.1) is 0 Å². The first-order valence-corrected chi connectivity index (χ1v) is 11.3. The molecule has 0 spiro atoms. The van der Waals surface area contributed by atoms with Crippen LogP contribution in [0.15, 0.2) is 36.4 Å². The summed E-state index contributed by atoms with van der Waals surface area (Å²) in [6, 6.07) is 7.93. The molecule has 3 amide bonds. The molecule has 10 nitrogen and oxygen atoms in total. The van der Waals surface area contributed by atoms with Crippen molar-refractivity contribution in [2.75, 3.05) is 12.4 Å². The summed E-state index contributed by atoms with van der Waals surface area (Å²) in [6.45, 7) is 4.17. The number of anilines is 1. The molecule has 2 aromatic rings. The molecule has 0 aliphatic carbocycles. The van der Waals surface area contributed by atoms with Gasteiger partial charge in [-0.25, -0.2) is 9.78 Å². The number of nitrogens with zero attached hydrogens (tertiary/aromatic N) is 1. The van der Waals surface area contributed by atoms with Crippen molar-refractivity contribution in [3.63, 3.8) is 0 Å². The Kier molecular flexibility index (Phi) is 9.62. The molecule has 0 saturated carbocycles. The van der Waals surface area contributed by atoms with E-state index in [9.17, 15) is 40.7 Å². The maximum absolute atomic E-state index is 13.8. The Morgan fingerprint density at radius 2 is 1.52 bits per heavy atom. The number of rotatable bonds is 7. The van der Waals surface area contributed by atoms with Gasteiger partial charge in [0, 0.05) is 0 Å². The van der Waals surface area contributed by atoms with Crippen LogP contribution in [0.1, 0.15) is 49.3 Å². The number of hydrogen-bond donors (Lipinski definition) is 3. The van der Waals surface area contributed by atoms with Gasteiger partial charge in [-0.05, 0) is 39.3 Å². The molecule has 1 aromatic heterocycles. The monoisotopic (exact) mass is 580 g/mol. The highest BCUT2D eigenvalue weighted by Gasteiger charge is 2.58. The molecule has 16 heteroatoms. The van der Waals surface area contributed by atoms with E-state index in [2.05, 4.69) is 9.72 Å². The molecule has 2 rings (SSSR count). The van der Waals surface area contributed by atoms with Gasteiger partial charge in [0.2, 0.25) is 11.5 Å². The van der Waals surface area contributed by atoms with Crippen LogP contribution in [-0.4, -0.2) is 47.4 Å². The molecular formula is C24H26F6N4O6. The minimum Gasteiger partial charge on any atom is -0.481 e. The summed E-state index contributed by atoms with van der Waals surface area (Å²) in [5.41, 5.74) is -4.34. The Morgan fingerprint density at radius 1 is 0.925 bits per heavy atom. The summed E-state index contributed by atoms with van der Waals surface area (Å²) in [5.74, 6) is -4.45. The van der Waals surface area contributed by atoms with E-state index in [1.54, 1.807) is 11.5 Å². The highest BCUT2D eigenvalue weighted by Crippen LogP contribution is 2.38. The molecule has 0 fully saturated rings. The van der Waals surface area contributed by atoms with Gasteiger partial charge in [0.05, 0.1) is 19.4 Å². The van der Waals surface area contributed by atoms with Crippen LogP contribution in [-0.2, 0) is 27.1 Å².